The van der Waals surface area contributed by atoms with Crippen molar-refractivity contribution in [1.82, 2.24) is 5.32 Å². The van der Waals surface area contributed by atoms with Crippen LogP contribution in [0.3, 0.4) is 0 Å². The van der Waals surface area contributed by atoms with Crippen LogP contribution in [0.5, 0.6) is 0 Å². The first-order valence-corrected chi connectivity index (χ1v) is 6.83. The summed E-state index contributed by atoms with van der Waals surface area (Å²) in [6.45, 7) is 5.37. The summed E-state index contributed by atoms with van der Waals surface area (Å²) in [5.41, 5.74) is 1.39. The van der Waals surface area contributed by atoms with E-state index in [9.17, 15) is 0 Å². The van der Waals surface area contributed by atoms with E-state index >= 15 is 0 Å². The van der Waals surface area contributed by atoms with Gasteiger partial charge in [-0.05, 0) is 42.3 Å². The maximum absolute atomic E-state index is 3.55. The molecular weight excluding hydrogens is 222 g/mol. The van der Waals surface area contributed by atoms with Crippen LogP contribution in [0.4, 0.5) is 0 Å². The molecule has 0 aliphatic carbocycles. The molecule has 2 aromatic rings. The first-order valence-electron chi connectivity index (χ1n) is 5.07. The molecule has 0 aliphatic rings. The number of hydrogen-bond donors (Lipinski definition) is 1. The highest BCUT2D eigenvalue weighted by molar-refractivity contribution is 7.10. The SMILES string of the molecule is Cc1ccsc1[C@H](C)NCc1cccs1. The Morgan fingerprint density at radius 3 is 2.73 bits per heavy atom. The smallest absolute Gasteiger partial charge is 0.0391 e. The second kappa shape index (κ2) is 4.92. The molecule has 0 aliphatic heterocycles. The minimum absolute atomic E-state index is 0.451. The Morgan fingerprint density at radius 2 is 2.13 bits per heavy atom. The standard InChI is InChI=1S/C12H15NS2/c1-9-5-7-15-12(9)10(2)13-8-11-4-3-6-14-11/h3-7,10,13H,8H2,1-2H3/t10-/m0/s1. The van der Waals surface area contributed by atoms with Crippen LogP contribution >= 0.6 is 22.7 Å². The fraction of sp³-hybridized carbons (Fsp3) is 0.333. The molecule has 2 rings (SSSR count). The highest BCUT2D eigenvalue weighted by atomic mass is 32.1. The summed E-state index contributed by atoms with van der Waals surface area (Å²) in [5.74, 6) is 0. The van der Waals surface area contributed by atoms with E-state index < -0.39 is 0 Å². The second-order valence-electron chi connectivity index (χ2n) is 3.65. The second-order valence-corrected chi connectivity index (χ2v) is 5.63. The Kier molecular flexibility index (Phi) is 3.57. The van der Waals surface area contributed by atoms with Crippen molar-refractivity contribution in [2.75, 3.05) is 0 Å². The van der Waals surface area contributed by atoms with Gasteiger partial charge in [-0.1, -0.05) is 6.07 Å². The molecule has 1 nitrogen and oxygen atoms in total. The van der Waals surface area contributed by atoms with Crippen molar-refractivity contribution < 1.29 is 0 Å². The Bertz CT molecular complexity index is 403. The zero-order valence-electron chi connectivity index (χ0n) is 8.99. The zero-order chi connectivity index (χ0) is 10.7. The maximum atomic E-state index is 3.55. The van der Waals surface area contributed by atoms with Crippen molar-refractivity contribution in [3.05, 3.63) is 44.3 Å². The molecule has 0 amide bonds. The van der Waals surface area contributed by atoms with Gasteiger partial charge in [0.1, 0.15) is 0 Å². The molecule has 2 aromatic heterocycles. The monoisotopic (exact) mass is 237 g/mol. The lowest BCUT2D eigenvalue weighted by molar-refractivity contribution is 0.585. The highest BCUT2D eigenvalue weighted by Crippen LogP contribution is 2.23. The molecule has 0 fully saturated rings. The van der Waals surface area contributed by atoms with E-state index in [2.05, 4.69) is 48.1 Å². The fourth-order valence-electron chi connectivity index (χ4n) is 1.59. The molecule has 0 unspecified atom stereocenters. The number of hydrogen-bond acceptors (Lipinski definition) is 3. The molecule has 15 heavy (non-hydrogen) atoms. The van der Waals surface area contributed by atoms with Crippen molar-refractivity contribution >= 4 is 22.7 Å². The number of aryl methyl sites for hydroxylation is 1. The van der Waals surface area contributed by atoms with E-state index in [1.165, 1.54) is 15.3 Å². The van der Waals surface area contributed by atoms with E-state index in [0.29, 0.717) is 6.04 Å². The molecule has 0 saturated heterocycles. The van der Waals surface area contributed by atoms with Crippen molar-refractivity contribution in [2.45, 2.75) is 26.4 Å². The molecule has 80 valence electrons. The van der Waals surface area contributed by atoms with E-state index in [4.69, 9.17) is 0 Å². The van der Waals surface area contributed by atoms with Crippen molar-refractivity contribution in [1.29, 1.82) is 0 Å². The summed E-state index contributed by atoms with van der Waals surface area (Å²) >= 11 is 3.64. The van der Waals surface area contributed by atoms with Gasteiger partial charge in [0.25, 0.3) is 0 Å². The summed E-state index contributed by atoms with van der Waals surface area (Å²) in [7, 11) is 0. The van der Waals surface area contributed by atoms with Crippen LogP contribution in [-0.4, -0.2) is 0 Å². The minimum Gasteiger partial charge on any atom is -0.305 e. The topological polar surface area (TPSA) is 12.0 Å². The third kappa shape index (κ3) is 2.68. The van der Waals surface area contributed by atoms with Gasteiger partial charge in [-0.15, -0.1) is 22.7 Å². The third-order valence-corrected chi connectivity index (χ3v) is 4.54. The van der Waals surface area contributed by atoms with E-state index in [-0.39, 0.29) is 0 Å². The Morgan fingerprint density at radius 1 is 1.27 bits per heavy atom. The highest BCUT2D eigenvalue weighted by Gasteiger charge is 2.08. The molecular formula is C12H15NS2. The minimum atomic E-state index is 0.451. The number of rotatable bonds is 4. The largest absolute Gasteiger partial charge is 0.305 e. The summed E-state index contributed by atoms with van der Waals surface area (Å²) in [6.07, 6.45) is 0. The van der Waals surface area contributed by atoms with E-state index in [0.717, 1.165) is 6.54 Å². The maximum Gasteiger partial charge on any atom is 0.0391 e. The summed E-state index contributed by atoms with van der Waals surface area (Å²) in [4.78, 5) is 2.85. The Balaban J connectivity index is 1.93. The summed E-state index contributed by atoms with van der Waals surface area (Å²) in [6, 6.07) is 6.91. The Hall–Kier alpha value is -0.640. The molecule has 1 N–H and O–H groups in total. The van der Waals surface area contributed by atoms with Crippen LogP contribution in [0, 0.1) is 6.92 Å². The third-order valence-electron chi connectivity index (χ3n) is 2.46. The first kappa shape index (κ1) is 10.9. The van der Waals surface area contributed by atoms with Gasteiger partial charge in [-0.3, -0.25) is 0 Å². The average molecular weight is 237 g/mol. The van der Waals surface area contributed by atoms with E-state index in [1.807, 2.05) is 22.7 Å². The number of nitrogens with one attached hydrogen (secondary N) is 1. The normalized spacial score (nSPS) is 12.9. The zero-order valence-corrected chi connectivity index (χ0v) is 10.6. The number of thiophene rings is 2. The molecule has 0 bridgehead atoms. The van der Waals surface area contributed by atoms with Crippen molar-refractivity contribution in [3.63, 3.8) is 0 Å². The fourth-order valence-corrected chi connectivity index (χ4v) is 3.20. The first-order chi connectivity index (χ1) is 7.27. The van der Waals surface area contributed by atoms with Crippen LogP contribution in [0.25, 0.3) is 0 Å². The average Bonchev–Trinajstić information content (AvgIpc) is 2.84. The van der Waals surface area contributed by atoms with Gasteiger partial charge < -0.3 is 5.32 Å². The quantitative estimate of drug-likeness (QED) is 0.848. The molecule has 2 heterocycles. The Labute approximate surface area is 98.8 Å². The lowest BCUT2D eigenvalue weighted by atomic mass is 10.2. The predicted molar refractivity (Wildman–Crippen MR) is 68.6 cm³/mol. The molecule has 0 radical (unpaired) electrons. The molecule has 1 atom stereocenters. The van der Waals surface area contributed by atoms with Crippen molar-refractivity contribution in [3.8, 4) is 0 Å². The van der Waals surface area contributed by atoms with Gasteiger partial charge in [-0.2, -0.15) is 0 Å². The van der Waals surface area contributed by atoms with Gasteiger partial charge in [0.2, 0.25) is 0 Å². The predicted octanol–water partition coefficient (Wildman–Crippen LogP) is 3.97. The summed E-state index contributed by atoms with van der Waals surface area (Å²) in [5, 5.41) is 7.83. The molecule has 3 heteroatoms. The van der Waals surface area contributed by atoms with Gasteiger partial charge in [-0.25, -0.2) is 0 Å². The van der Waals surface area contributed by atoms with Gasteiger partial charge in [0, 0.05) is 22.3 Å². The van der Waals surface area contributed by atoms with Gasteiger partial charge >= 0.3 is 0 Å². The molecule has 0 saturated carbocycles. The lowest BCUT2D eigenvalue weighted by Gasteiger charge is -2.12. The molecule has 0 aromatic carbocycles. The summed E-state index contributed by atoms with van der Waals surface area (Å²) < 4.78 is 0. The van der Waals surface area contributed by atoms with Crippen LogP contribution in [-0.2, 0) is 6.54 Å². The van der Waals surface area contributed by atoms with Crippen LogP contribution in [0.15, 0.2) is 29.0 Å². The van der Waals surface area contributed by atoms with Crippen LogP contribution in [0.2, 0.25) is 0 Å². The van der Waals surface area contributed by atoms with Gasteiger partial charge in [0.05, 0.1) is 0 Å². The van der Waals surface area contributed by atoms with Crippen molar-refractivity contribution in [2.24, 2.45) is 0 Å². The van der Waals surface area contributed by atoms with Gasteiger partial charge in [0.15, 0.2) is 0 Å². The lowest BCUT2D eigenvalue weighted by Crippen LogP contribution is -2.17. The van der Waals surface area contributed by atoms with Crippen LogP contribution in [0.1, 0.15) is 28.3 Å². The van der Waals surface area contributed by atoms with Crippen LogP contribution < -0.4 is 5.32 Å². The van der Waals surface area contributed by atoms with E-state index in [1.54, 1.807) is 0 Å². The molecule has 0 spiro atoms.